The van der Waals surface area contributed by atoms with Gasteiger partial charge in [-0.05, 0) is 6.07 Å². The molecule has 5 nitrogen and oxygen atoms in total. The molecule has 1 N–H and O–H groups in total. The Balaban J connectivity index is 1.84. The fourth-order valence-electron chi connectivity index (χ4n) is 2.31. The molecule has 0 aliphatic heterocycles. The van der Waals surface area contributed by atoms with Crippen molar-refractivity contribution in [3.05, 3.63) is 71.7 Å². The molecule has 0 saturated heterocycles. The van der Waals surface area contributed by atoms with Crippen molar-refractivity contribution in [2.75, 3.05) is 7.05 Å². The number of halogens is 1. The van der Waals surface area contributed by atoms with E-state index in [1.807, 2.05) is 30.3 Å². The third kappa shape index (κ3) is 3.11. The first-order valence-corrected chi connectivity index (χ1v) is 7.12. The van der Waals surface area contributed by atoms with Gasteiger partial charge in [0.1, 0.15) is 11.5 Å². The molecule has 6 heteroatoms. The van der Waals surface area contributed by atoms with Crippen LogP contribution in [0.15, 0.2) is 54.6 Å². The molecule has 0 radical (unpaired) electrons. The molecule has 0 fully saturated rings. The van der Waals surface area contributed by atoms with Gasteiger partial charge in [0, 0.05) is 24.7 Å². The minimum absolute atomic E-state index is 0.159. The van der Waals surface area contributed by atoms with Gasteiger partial charge in [0.15, 0.2) is 5.69 Å². The zero-order valence-electron chi connectivity index (χ0n) is 12.5. The van der Waals surface area contributed by atoms with Gasteiger partial charge < -0.3 is 4.90 Å². The molecule has 0 bridgehead atoms. The van der Waals surface area contributed by atoms with Crippen LogP contribution in [0, 0.1) is 5.82 Å². The van der Waals surface area contributed by atoms with Crippen LogP contribution >= 0.6 is 0 Å². The summed E-state index contributed by atoms with van der Waals surface area (Å²) in [4.78, 5) is 14.0. The van der Waals surface area contributed by atoms with Gasteiger partial charge in [0.25, 0.3) is 5.91 Å². The number of aromatic amines is 1. The van der Waals surface area contributed by atoms with E-state index in [0.717, 1.165) is 5.56 Å². The predicted octanol–water partition coefficient (Wildman–Crippen LogP) is 2.88. The summed E-state index contributed by atoms with van der Waals surface area (Å²) in [6, 6.07) is 15.7. The molecular formula is C17H15FN4O. The van der Waals surface area contributed by atoms with E-state index >= 15 is 0 Å². The number of benzene rings is 2. The molecule has 0 aliphatic rings. The molecule has 0 aliphatic carbocycles. The first-order chi connectivity index (χ1) is 11.2. The van der Waals surface area contributed by atoms with Crippen LogP contribution in [-0.4, -0.2) is 33.3 Å². The zero-order valence-corrected chi connectivity index (χ0v) is 12.5. The Morgan fingerprint density at radius 1 is 1.09 bits per heavy atom. The molecule has 0 saturated carbocycles. The molecule has 3 rings (SSSR count). The normalized spacial score (nSPS) is 10.5. The molecule has 0 spiro atoms. The Hall–Kier alpha value is -3.02. The van der Waals surface area contributed by atoms with Gasteiger partial charge in [0.2, 0.25) is 0 Å². The smallest absolute Gasteiger partial charge is 0.276 e. The molecule has 1 amide bonds. The van der Waals surface area contributed by atoms with E-state index in [1.54, 1.807) is 25.2 Å². The van der Waals surface area contributed by atoms with Crippen molar-refractivity contribution in [3.63, 3.8) is 0 Å². The predicted molar refractivity (Wildman–Crippen MR) is 84.0 cm³/mol. The Morgan fingerprint density at radius 2 is 1.78 bits per heavy atom. The lowest BCUT2D eigenvalue weighted by Gasteiger charge is -2.16. The molecule has 3 aromatic rings. The number of nitrogens with zero attached hydrogens (tertiary/aromatic N) is 3. The van der Waals surface area contributed by atoms with Gasteiger partial charge in [-0.2, -0.15) is 15.4 Å². The Kier molecular flexibility index (Phi) is 4.14. The molecule has 0 unspecified atom stereocenters. The molecule has 0 atom stereocenters. The second-order valence-corrected chi connectivity index (χ2v) is 5.14. The molecule has 1 heterocycles. The van der Waals surface area contributed by atoms with Crippen molar-refractivity contribution in [3.8, 4) is 11.3 Å². The quantitative estimate of drug-likeness (QED) is 0.806. The highest BCUT2D eigenvalue weighted by atomic mass is 19.1. The number of nitrogens with one attached hydrogen (secondary N) is 1. The van der Waals surface area contributed by atoms with Gasteiger partial charge >= 0.3 is 0 Å². The molecular weight excluding hydrogens is 295 g/mol. The number of H-pyrrole nitrogens is 1. The summed E-state index contributed by atoms with van der Waals surface area (Å²) >= 11 is 0. The van der Waals surface area contributed by atoms with Crippen LogP contribution in [0.2, 0.25) is 0 Å². The van der Waals surface area contributed by atoms with E-state index in [9.17, 15) is 9.18 Å². The van der Waals surface area contributed by atoms with Crippen LogP contribution in [0.25, 0.3) is 11.3 Å². The van der Waals surface area contributed by atoms with E-state index in [0.29, 0.717) is 11.3 Å². The van der Waals surface area contributed by atoms with Gasteiger partial charge in [-0.3, -0.25) is 4.79 Å². The number of carbonyl (C=O) groups is 1. The monoisotopic (exact) mass is 310 g/mol. The second-order valence-electron chi connectivity index (χ2n) is 5.14. The van der Waals surface area contributed by atoms with Gasteiger partial charge in [-0.15, -0.1) is 0 Å². The third-order valence-corrected chi connectivity index (χ3v) is 3.51. The third-order valence-electron chi connectivity index (χ3n) is 3.51. The lowest BCUT2D eigenvalue weighted by atomic mass is 10.1. The Bertz CT molecular complexity index is 816. The highest BCUT2D eigenvalue weighted by Crippen LogP contribution is 2.20. The molecule has 23 heavy (non-hydrogen) atoms. The zero-order chi connectivity index (χ0) is 16.2. The van der Waals surface area contributed by atoms with Crippen molar-refractivity contribution >= 4 is 5.91 Å². The van der Waals surface area contributed by atoms with Crippen LogP contribution in [0.3, 0.4) is 0 Å². The van der Waals surface area contributed by atoms with Crippen LogP contribution in [0.4, 0.5) is 4.39 Å². The maximum Gasteiger partial charge on any atom is 0.276 e. The highest BCUT2D eigenvalue weighted by Gasteiger charge is 2.21. The van der Waals surface area contributed by atoms with Gasteiger partial charge in [0.05, 0.1) is 0 Å². The Morgan fingerprint density at radius 3 is 2.52 bits per heavy atom. The summed E-state index contributed by atoms with van der Waals surface area (Å²) in [6.45, 7) is 0.159. The van der Waals surface area contributed by atoms with Crippen molar-refractivity contribution in [1.29, 1.82) is 0 Å². The van der Waals surface area contributed by atoms with E-state index < -0.39 is 0 Å². The number of amides is 1. The molecule has 116 valence electrons. The summed E-state index contributed by atoms with van der Waals surface area (Å²) in [5.74, 6) is -0.656. The fourth-order valence-corrected chi connectivity index (χ4v) is 2.31. The SMILES string of the molecule is CN(Cc1ccccc1F)C(=O)c1n[nH]nc1-c1ccccc1. The number of rotatable bonds is 4. The number of hydrogen-bond acceptors (Lipinski definition) is 3. The van der Waals surface area contributed by atoms with Crippen LogP contribution in [0.1, 0.15) is 16.1 Å². The van der Waals surface area contributed by atoms with E-state index in [-0.39, 0.29) is 24.0 Å². The Labute approximate surface area is 132 Å². The van der Waals surface area contributed by atoms with E-state index in [4.69, 9.17) is 0 Å². The number of carbonyl (C=O) groups excluding carboxylic acids is 1. The largest absolute Gasteiger partial charge is 0.336 e. The van der Waals surface area contributed by atoms with Crippen molar-refractivity contribution in [1.82, 2.24) is 20.3 Å². The summed E-state index contributed by atoms with van der Waals surface area (Å²) in [5, 5.41) is 10.5. The number of aromatic nitrogens is 3. The van der Waals surface area contributed by atoms with Crippen molar-refractivity contribution < 1.29 is 9.18 Å². The van der Waals surface area contributed by atoms with E-state index in [1.165, 1.54) is 11.0 Å². The average Bonchev–Trinajstić information content (AvgIpc) is 3.06. The summed E-state index contributed by atoms with van der Waals surface area (Å²) in [6.07, 6.45) is 0. The minimum Gasteiger partial charge on any atom is -0.336 e. The first-order valence-electron chi connectivity index (χ1n) is 7.12. The first kappa shape index (κ1) is 14.9. The van der Waals surface area contributed by atoms with Crippen LogP contribution in [0.5, 0.6) is 0 Å². The van der Waals surface area contributed by atoms with Gasteiger partial charge in [-0.1, -0.05) is 48.5 Å². The number of hydrogen-bond donors (Lipinski definition) is 1. The van der Waals surface area contributed by atoms with E-state index in [2.05, 4.69) is 15.4 Å². The molecule has 2 aromatic carbocycles. The second kappa shape index (κ2) is 6.39. The summed E-state index contributed by atoms with van der Waals surface area (Å²) in [5.41, 5.74) is 1.95. The van der Waals surface area contributed by atoms with Gasteiger partial charge in [-0.25, -0.2) is 4.39 Å². The average molecular weight is 310 g/mol. The maximum atomic E-state index is 13.7. The summed E-state index contributed by atoms with van der Waals surface area (Å²) in [7, 11) is 1.61. The lowest BCUT2D eigenvalue weighted by molar-refractivity contribution is 0.0778. The van der Waals surface area contributed by atoms with Crippen molar-refractivity contribution in [2.24, 2.45) is 0 Å². The molecule has 1 aromatic heterocycles. The topological polar surface area (TPSA) is 61.9 Å². The van der Waals surface area contributed by atoms with Crippen molar-refractivity contribution in [2.45, 2.75) is 6.54 Å². The van der Waals surface area contributed by atoms with Crippen LogP contribution in [-0.2, 0) is 6.54 Å². The fraction of sp³-hybridized carbons (Fsp3) is 0.118. The maximum absolute atomic E-state index is 13.7. The standard InChI is InChI=1S/C17H15FN4O/c1-22(11-13-9-5-6-10-14(13)18)17(23)16-15(19-21-20-16)12-7-3-2-4-8-12/h2-10H,11H2,1H3,(H,19,20,21). The summed E-state index contributed by atoms with van der Waals surface area (Å²) < 4.78 is 13.7. The lowest BCUT2D eigenvalue weighted by Crippen LogP contribution is -2.27. The van der Waals surface area contributed by atoms with Crippen LogP contribution < -0.4 is 0 Å². The minimum atomic E-state index is -0.337. The highest BCUT2D eigenvalue weighted by molar-refractivity contribution is 5.97.